The molecule has 0 saturated heterocycles. The van der Waals surface area contributed by atoms with Crippen LogP contribution in [0.15, 0.2) is 59.8 Å². The molecule has 6 rings (SSSR count). The number of H-pyrrole nitrogens is 1. The highest BCUT2D eigenvalue weighted by molar-refractivity contribution is 5.99. The molecule has 0 spiro atoms. The summed E-state index contributed by atoms with van der Waals surface area (Å²) in [6.07, 6.45) is 6.24. The molecule has 0 unspecified atom stereocenters. The molecule has 3 aromatic rings. The number of aromatic amines is 1. The fourth-order valence-corrected chi connectivity index (χ4v) is 5.03. The van der Waals surface area contributed by atoms with E-state index in [4.69, 9.17) is 9.47 Å². The van der Waals surface area contributed by atoms with Crippen molar-refractivity contribution in [2.75, 3.05) is 6.79 Å². The molecule has 5 nitrogen and oxygen atoms in total. The Morgan fingerprint density at radius 1 is 1.03 bits per heavy atom. The van der Waals surface area contributed by atoms with Crippen molar-refractivity contribution in [1.82, 2.24) is 9.88 Å². The van der Waals surface area contributed by atoms with Crippen LogP contribution >= 0.6 is 0 Å². The van der Waals surface area contributed by atoms with Gasteiger partial charge in [0.15, 0.2) is 11.5 Å². The van der Waals surface area contributed by atoms with Gasteiger partial charge in [0.1, 0.15) is 0 Å². The molecule has 0 bridgehead atoms. The molecule has 1 aliphatic carbocycles. The first-order chi connectivity index (χ1) is 14.3. The highest BCUT2D eigenvalue weighted by Crippen LogP contribution is 2.47. The highest BCUT2D eigenvalue weighted by atomic mass is 16.7. The van der Waals surface area contributed by atoms with Crippen LogP contribution in [-0.2, 0) is 11.3 Å². The van der Waals surface area contributed by atoms with Gasteiger partial charge in [-0.1, -0.05) is 24.3 Å². The Bertz CT molecular complexity index is 1160. The van der Waals surface area contributed by atoms with Gasteiger partial charge in [-0.2, -0.15) is 0 Å². The van der Waals surface area contributed by atoms with Gasteiger partial charge in [-0.25, -0.2) is 0 Å². The number of nitrogens with one attached hydrogen (secondary N) is 1. The Hall–Kier alpha value is -3.21. The lowest BCUT2D eigenvalue weighted by Crippen LogP contribution is -2.29. The highest BCUT2D eigenvalue weighted by Gasteiger charge is 2.41. The van der Waals surface area contributed by atoms with E-state index in [1.807, 2.05) is 29.2 Å². The molecule has 1 atom stereocenters. The van der Waals surface area contributed by atoms with Gasteiger partial charge in [0.2, 0.25) is 6.79 Å². The van der Waals surface area contributed by atoms with E-state index < -0.39 is 0 Å². The molecule has 3 heterocycles. The van der Waals surface area contributed by atoms with Gasteiger partial charge in [0.05, 0.1) is 6.04 Å². The molecule has 2 aliphatic heterocycles. The van der Waals surface area contributed by atoms with Gasteiger partial charge < -0.3 is 19.4 Å². The largest absolute Gasteiger partial charge is 0.454 e. The molecule has 0 fully saturated rings. The Morgan fingerprint density at radius 2 is 1.90 bits per heavy atom. The van der Waals surface area contributed by atoms with Gasteiger partial charge >= 0.3 is 0 Å². The number of nitrogens with zero attached hydrogens (tertiary/aromatic N) is 1. The molecule has 0 saturated carbocycles. The summed E-state index contributed by atoms with van der Waals surface area (Å²) in [6, 6.07) is 14.3. The van der Waals surface area contributed by atoms with Gasteiger partial charge in [-0.15, -0.1) is 0 Å². The van der Waals surface area contributed by atoms with Crippen molar-refractivity contribution in [1.29, 1.82) is 0 Å². The van der Waals surface area contributed by atoms with Crippen LogP contribution < -0.4 is 9.47 Å². The van der Waals surface area contributed by atoms with Gasteiger partial charge in [0, 0.05) is 34.8 Å². The van der Waals surface area contributed by atoms with Gasteiger partial charge in [0.25, 0.3) is 5.91 Å². The van der Waals surface area contributed by atoms with E-state index in [1.165, 1.54) is 16.5 Å². The topological polar surface area (TPSA) is 54.6 Å². The van der Waals surface area contributed by atoms with Gasteiger partial charge in [-0.3, -0.25) is 4.79 Å². The van der Waals surface area contributed by atoms with E-state index in [1.54, 1.807) is 0 Å². The van der Waals surface area contributed by atoms with Crippen molar-refractivity contribution in [3.8, 4) is 11.5 Å². The zero-order valence-electron chi connectivity index (χ0n) is 16.1. The molecule has 0 radical (unpaired) electrons. The second kappa shape index (κ2) is 6.41. The lowest BCUT2D eigenvalue weighted by atomic mass is 9.87. The maximum absolute atomic E-state index is 13.4. The van der Waals surface area contributed by atoms with Crippen molar-refractivity contribution < 1.29 is 14.3 Å². The Morgan fingerprint density at radius 3 is 2.86 bits per heavy atom. The predicted octanol–water partition coefficient (Wildman–Crippen LogP) is 4.85. The third kappa shape index (κ3) is 2.57. The van der Waals surface area contributed by atoms with Crippen molar-refractivity contribution in [3.05, 3.63) is 70.9 Å². The number of fused-ring (bicyclic) bond motifs is 2. The molecule has 29 heavy (non-hydrogen) atoms. The minimum absolute atomic E-state index is 0.000581. The number of ether oxygens (including phenoxy) is 2. The summed E-state index contributed by atoms with van der Waals surface area (Å²) in [5, 5.41) is 1.19. The number of aromatic nitrogens is 1. The van der Waals surface area contributed by atoms with Crippen molar-refractivity contribution in [2.24, 2.45) is 0 Å². The average molecular weight is 386 g/mol. The lowest BCUT2D eigenvalue weighted by molar-refractivity contribution is -0.127. The third-order valence-electron chi connectivity index (χ3n) is 6.38. The van der Waals surface area contributed by atoms with E-state index in [0.29, 0.717) is 6.54 Å². The van der Waals surface area contributed by atoms with Crippen molar-refractivity contribution >= 4 is 16.8 Å². The number of rotatable bonds is 3. The van der Waals surface area contributed by atoms with E-state index in [9.17, 15) is 4.79 Å². The minimum atomic E-state index is -0.000581. The third-order valence-corrected chi connectivity index (χ3v) is 6.38. The van der Waals surface area contributed by atoms with Crippen LogP contribution in [-0.4, -0.2) is 22.6 Å². The molecular weight excluding hydrogens is 364 g/mol. The van der Waals surface area contributed by atoms with Crippen LogP contribution in [0.5, 0.6) is 11.5 Å². The first-order valence-corrected chi connectivity index (χ1v) is 10.3. The van der Waals surface area contributed by atoms with E-state index >= 15 is 0 Å². The Balaban J connectivity index is 1.43. The van der Waals surface area contributed by atoms with Crippen LogP contribution in [0.4, 0.5) is 0 Å². The number of amides is 1. The number of para-hydroxylation sites is 1. The second-order valence-electron chi connectivity index (χ2n) is 8.02. The molecule has 5 heteroatoms. The summed E-state index contributed by atoms with van der Waals surface area (Å²) in [5.41, 5.74) is 5.72. The summed E-state index contributed by atoms with van der Waals surface area (Å²) in [7, 11) is 0. The van der Waals surface area contributed by atoms with E-state index in [-0.39, 0.29) is 18.7 Å². The molecule has 146 valence electrons. The SMILES string of the molecule is O=C1C2=C(CCCC2)[C@H](c2c[nH]c3ccccc23)N1Cc1ccc2c(c1)OCO2. The standard InChI is InChI=1S/C24H22N2O3/c27-24-18-7-2-1-6-17(18)23(19-12-25-20-8-4-3-5-16(19)20)26(24)13-15-9-10-21-22(11-15)29-14-28-21/h3-5,8-12,23,25H,1-2,6-7,13-14H2/t23-/m1/s1. The number of benzene rings is 2. The van der Waals surface area contributed by atoms with Crippen LogP contribution in [0, 0.1) is 0 Å². The zero-order chi connectivity index (χ0) is 19.4. The maximum Gasteiger partial charge on any atom is 0.250 e. The summed E-state index contributed by atoms with van der Waals surface area (Å²) in [5.74, 6) is 1.72. The quantitative estimate of drug-likeness (QED) is 0.700. The monoisotopic (exact) mass is 386 g/mol. The van der Waals surface area contributed by atoms with E-state index in [0.717, 1.165) is 53.8 Å². The van der Waals surface area contributed by atoms with Crippen molar-refractivity contribution in [2.45, 2.75) is 38.3 Å². The minimum Gasteiger partial charge on any atom is -0.454 e. The fourth-order valence-electron chi connectivity index (χ4n) is 5.03. The van der Waals surface area contributed by atoms with E-state index in [2.05, 4.69) is 29.4 Å². The zero-order valence-corrected chi connectivity index (χ0v) is 16.1. The normalized spacial score (nSPS) is 20.6. The molecule has 1 amide bonds. The van der Waals surface area contributed by atoms with Crippen LogP contribution in [0.1, 0.15) is 42.9 Å². The lowest BCUT2D eigenvalue weighted by Gasteiger charge is -2.27. The predicted molar refractivity (Wildman–Crippen MR) is 110 cm³/mol. The number of carbonyl (C=O) groups is 1. The average Bonchev–Trinajstić information content (AvgIpc) is 3.45. The molecule has 1 N–H and O–H groups in total. The van der Waals surface area contributed by atoms with Crippen LogP contribution in [0.25, 0.3) is 10.9 Å². The smallest absolute Gasteiger partial charge is 0.250 e. The number of hydrogen-bond acceptors (Lipinski definition) is 3. The maximum atomic E-state index is 13.4. The first kappa shape index (κ1) is 16.7. The van der Waals surface area contributed by atoms with Crippen LogP contribution in [0.3, 0.4) is 0 Å². The summed E-state index contributed by atoms with van der Waals surface area (Å²) < 4.78 is 11.0. The summed E-state index contributed by atoms with van der Waals surface area (Å²) in [6.45, 7) is 0.821. The summed E-state index contributed by atoms with van der Waals surface area (Å²) >= 11 is 0. The Labute approximate surface area is 168 Å². The molecule has 1 aromatic heterocycles. The second-order valence-corrected chi connectivity index (χ2v) is 8.02. The fraction of sp³-hybridized carbons (Fsp3) is 0.292. The number of hydrogen-bond donors (Lipinski definition) is 1. The van der Waals surface area contributed by atoms with Gasteiger partial charge in [-0.05, 0) is 55.0 Å². The van der Waals surface area contributed by atoms with Crippen molar-refractivity contribution in [3.63, 3.8) is 0 Å². The molecule has 2 aromatic carbocycles. The number of carbonyl (C=O) groups excluding carboxylic acids is 1. The molecule has 3 aliphatic rings. The molecular formula is C24H22N2O3. The Kier molecular flexibility index (Phi) is 3.69. The first-order valence-electron chi connectivity index (χ1n) is 10.3. The summed E-state index contributed by atoms with van der Waals surface area (Å²) in [4.78, 5) is 18.9. The van der Waals surface area contributed by atoms with Crippen LogP contribution in [0.2, 0.25) is 0 Å².